The quantitative estimate of drug-likeness (QED) is 0.798. The molecule has 15 heavy (non-hydrogen) atoms. The molecule has 0 spiro atoms. The van der Waals surface area contributed by atoms with E-state index >= 15 is 0 Å². The van der Waals surface area contributed by atoms with Crippen molar-refractivity contribution in [3.8, 4) is 0 Å². The molecule has 86 valence electrons. The van der Waals surface area contributed by atoms with Crippen LogP contribution in [0.25, 0.3) is 0 Å². The van der Waals surface area contributed by atoms with Gasteiger partial charge in [-0.15, -0.1) is 0 Å². The lowest BCUT2D eigenvalue weighted by atomic mass is 10.2. The van der Waals surface area contributed by atoms with Crippen LogP contribution < -0.4 is 5.73 Å². The Hall–Kier alpha value is -1.04. The Labute approximate surface area is 90.2 Å². The highest BCUT2D eigenvalue weighted by Crippen LogP contribution is 2.12. The molecule has 0 saturated heterocycles. The van der Waals surface area contributed by atoms with Gasteiger partial charge >= 0.3 is 0 Å². The van der Waals surface area contributed by atoms with Crippen LogP contribution in [-0.4, -0.2) is 30.2 Å². The molecule has 0 saturated carbocycles. The molecule has 0 atom stereocenters. The molecule has 0 fully saturated rings. The lowest BCUT2D eigenvalue weighted by Gasteiger charge is -2.06. The molecule has 0 aliphatic rings. The summed E-state index contributed by atoms with van der Waals surface area (Å²) in [6.45, 7) is 2.43. The third-order valence-corrected chi connectivity index (χ3v) is 3.07. The van der Waals surface area contributed by atoms with Gasteiger partial charge in [0.15, 0.2) is 0 Å². The molecule has 0 aromatic carbocycles. The number of nitrogens with two attached hydrogens (primary N) is 1. The van der Waals surface area contributed by atoms with E-state index in [1.54, 1.807) is 10.9 Å². The summed E-state index contributed by atoms with van der Waals surface area (Å²) in [5, 5.41) is 4.06. The van der Waals surface area contributed by atoms with Crippen molar-refractivity contribution in [1.82, 2.24) is 9.78 Å². The number of aryl methyl sites for hydroxylation is 1. The second kappa shape index (κ2) is 4.65. The van der Waals surface area contributed by atoms with Gasteiger partial charge in [-0.05, 0) is 6.42 Å². The zero-order valence-electron chi connectivity index (χ0n) is 9.10. The van der Waals surface area contributed by atoms with Crippen LogP contribution >= 0.6 is 0 Å². The monoisotopic (exact) mass is 231 g/mol. The highest BCUT2D eigenvalue weighted by Gasteiger charge is 2.09. The first-order chi connectivity index (χ1) is 6.94. The summed E-state index contributed by atoms with van der Waals surface area (Å²) >= 11 is 0. The van der Waals surface area contributed by atoms with Gasteiger partial charge in [0.1, 0.15) is 9.84 Å². The fourth-order valence-corrected chi connectivity index (χ4v) is 1.88. The average Bonchev–Trinajstić information content (AvgIpc) is 2.45. The van der Waals surface area contributed by atoms with E-state index in [0.717, 1.165) is 18.5 Å². The van der Waals surface area contributed by atoms with Gasteiger partial charge < -0.3 is 5.73 Å². The van der Waals surface area contributed by atoms with E-state index in [0.29, 0.717) is 12.2 Å². The number of nitrogen functional groups attached to an aromatic ring is 1. The number of aromatic nitrogens is 2. The maximum Gasteiger partial charge on any atom is 0.149 e. The summed E-state index contributed by atoms with van der Waals surface area (Å²) in [6.07, 6.45) is 4.59. The van der Waals surface area contributed by atoms with Gasteiger partial charge in [-0.2, -0.15) is 5.10 Å². The van der Waals surface area contributed by atoms with Crippen LogP contribution in [0.4, 0.5) is 5.69 Å². The minimum Gasteiger partial charge on any atom is -0.396 e. The van der Waals surface area contributed by atoms with Crippen LogP contribution in [0.15, 0.2) is 6.20 Å². The Balaban J connectivity index is 2.77. The number of hydrogen-bond donors (Lipinski definition) is 1. The third-order valence-electron chi connectivity index (χ3n) is 2.14. The van der Waals surface area contributed by atoms with E-state index in [1.165, 1.54) is 6.26 Å². The maximum atomic E-state index is 11.0. The van der Waals surface area contributed by atoms with E-state index in [1.807, 2.05) is 6.92 Å². The molecule has 0 radical (unpaired) electrons. The normalized spacial score (nSPS) is 11.9. The van der Waals surface area contributed by atoms with Crippen molar-refractivity contribution in [3.05, 3.63) is 11.9 Å². The Kier molecular flexibility index (Phi) is 3.73. The standard InChI is InChI=1S/C9H17N3O2S/c1-3-4-9-8(10)7-11-12(9)5-6-15(2,13)14/h7H,3-6,10H2,1-2H3. The largest absolute Gasteiger partial charge is 0.396 e. The number of hydrogen-bond acceptors (Lipinski definition) is 4. The average molecular weight is 231 g/mol. The van der Waals surface area contributed by atoms with E-state index in [4.69, 9.17) is 5.73 Å². The summed E-state index contributed by atoms with van der Waals surface area (Å²) in [4.78, 5) is 0. The second-order valence-corrected chi connectivity index (χ2v) is 5.91. The maximum absolute atomic E-state index is 11.0. The first-order valence-electron chi connectivity index (χ1n) is 4.92. The SMILES string of the molecule is CCCc1c(N)cnn1CCS(C)(=O)=O. The molecular weight excluding hydrogens is 214 g/mol. The molecule has 1 aromatic rings. The predicted octanol–water partition coefficient (Wildman–Crippen LogP) is 0.462. The zero-order valence-corrected chi connectivity index (χ0v) is 9.92. The summed E-state index contributed by atoms with van der Waals surface area (Å²) in [5.74, 6) is 0.102. The summed E-state index contributed by atoms with van der Waals surface area (Å²) in [6, 6.07) is 0. The van der Waals surface area contributed by atoms with Gasteiger partial charge in [0.05, 0.1) is 29.9 Å². The molecule has 1 aromatic heterocycles. The topological polar surface area (TPSA) is 78.0 Å². The highest BCUT2D eigenvalue weighted by molar-refractivity contribution is 7.90. The van der Waals surface area contributed by atoms with Crippen LogP contribution in [-0.2, 0) is 22.8 Å². The molecule has 6 heteroatoms. The first-order valence-corrected chi connectivity index (χ1v) is 6.98. The number of nitrogens with zero attached hydrogens (tertiary/aromatic N) is 2. The smallest absolute Gasteiger partial charge is 0.149 e. The Morgan fingerprint density at radius 1 is 1.53 bits per heavy atom. The van der Waals surface area contributed by atoms with E-state index in [-0.39, 0.29) is 5.75 Å². The van der Waals surface area contributed by atoms with Crippen LogP contribution in [0.1, 0.15) is 19.0 Å². The van der Waals surface area contributed by atoms with Gasteiger partial charge in [0.25, 0.3) is 0 Å². The Morgan fingerprint density at radius 2 is 2.20 bits per heavy atom. The minimum atomic E-state index is -2.95. The van der Waals surface area contributed by atoms with Crippen LogP contribution in [0.3, 0.4) is 0 Å². The molecule has 2 N–H and O–H groups in total. The highest BCUT2D eigenvalue weighted by atomic mass is 32.2. The third kappa shape index (κ3) is 3.54. The lowest BCUT2D eigenvalue weighted by molar-refractivity contribution is 0.577. The number of sulfone groups is 1. The van der Waals surface area contributed by atoms with Crippen molar-refractivity contribution in [2.45, 2.75) is 26.3 Å². The summed E-state index contributed by atoms with van der Waals surface area (Å²) < 4.78 is 23.7. The number of anilines is 1. The zero-order chi connectivity index (χ0) is 11.5. The molecule has 0 bridgehead atoms. The second-order valence-electron chi connectivity index (χ2n) is 3.65. The van der Waals surface area contributed by atoms with Crippen molar-refractivity contribution in [1.29, 1.82) is 0 Å². The van der Waals surface area contributed by atoms with Gasteiger partial charge in [-0.1, -0.05) is 13.3 Å². The molecule has 0 unspecified atom stereocenters. The van der Waals surface area contributed by atoms with Crippen molar-refractivity contribution >= 4 is 15.5 Å². The molecule has 5 nitrogen and oxygen atoms in total. The Morgan fingerprint density at radius 3 is 2.73 bits per heavy atom. The van der Waals surface area contributed by atoms with Crippen LogP contribution in [0.2, 0.25) is 0 Å². The predicted molar refractivity (Wildman–Crippen MR) is 60.3 cm³/mol. The number of rotatable bonds is 5. The van der Waals surface area contributed by atoms with Crippen molar-refractivity contribution in [2.24, 2.45) is 0 Å². The summed E-state index contributed by atoms with van der Waals surface area (Å²) in [5.41, 5.74) is 7.31. The van der Waals surface area contributed by atoms with Crippen LogP contribution in [0, 0.1) is 0 Å². The molecule has 0 aliphatic heterocycles. The van der Waals surface area contributed by atoms with Crippen molar-refractivity contribution in [3.63, 3.8) is 0 Å². The fraction of sp³-hybridized carbons (Fsp3) is 0.667. The molecule has 0 amide bonds. The van der Waals surface area contributed by atoms with E-state index in [9.17, 15) is 8.42 Å². The van der Waals surface area contributed by atoms with E-state index < -0.39 is 9.84 Å². The van der Waals surface area contributed by atoms with Crippen molar-refractivity contribution < 1.29 is 8.42 Å². The lowest BCUT2D eigenvalue weighted by Crippen LogP contribution is -2.14. The fourth-order valence-electron chi connectivity index (χ4n) is 1.38. The molecule has 0 aliphatic carbocycles. The Bertz CT molecular complexity index is 423. The molecular formula is C9H17N3O2S. The van der Waals surface area contributed by atoms with Gasteiger partial charge in [0.2, 0.25) is 0 Å². The summed E-state index contributed by atoms with van der Waals surface area (Å²) in [7, 11) is -2.95. The van der Waals surface area contributed by atoms with Gasteiger partial charge in [-0.3, -0.25) is 4.68 Å². The first kappa shape index (κ1) is 12.0. The molecule has 1 heterocycles. The van der Waals surface area contributed by atoms with Gasteiger partial charge in [-0.25, -0.2) is 8.42 Å². The minimum absolute atomic E-state index is 0.102. The van der Waals surface area contributed by atoms with Crippen molar-refractivity contribution in [2.75, 3.05) is 17.7 Å². The molecule has 1 rings (SSSR count). The van der Waals surface area contributed by atoms with Crippen LogP contribution in [0.5, 0.6) is 0 Å². The van der Waals surface area contributed by atoms with Gasteiger partial charge in [0, 0.05) is 6.26 Å². The van der Waals surface area contributed by atoms with E-state index in [2.05, 4.69) is 5.10 Å².